The third kappa shape index (κ3) is 2.79. The highest BCUT2D eigenvalue weighted by Gasteiger charge is 2.36. The third-order valence-electron chi connectivity index (χ3n) is 3.44. The molecule has 1 aliphatic heterocycles. The topological polar surface area (TPSA) is 147 Å². The van der Waals surface area contributed by atoms with Gasteiger partial charge in [0.05, 0.1) is 12.7 Å². The van der Waals surface area contributed by atoms with E-state index in [2.05, 4.69) is 15.3 Å². The second-order valence-electron chi connectivity index (χ2n) is 5.10. The number of hydrogen-bond donors (Lipinski definition) is 4. The Morgan fingerprint density at radius 2 is 2.30 bits per heavy atom. The molecule has 0 saturated carbocycles. The molecular formula is C12H14N4O6S. The van der Waals surface area contributed by atoms with Gasteiger partial charge in [0.25, 0.3) is 5.56 Å². The molecule has 1 saturated heterocycles. The summed E-state index contributed by atoms with van der Waals surface area (Å²) in [6.45, 7) is 0.868. The maximum Gasteiger partial charge on any atom is 0.311 e. The Bertz CT molecular complexity index is 871. The Morgan fingerprint density at radius 3 is 2.91 bits per heavy atom. The number of carbonyl (C=O) groups is 1. The summed E-state index contributed by atoms with van der Waals surface area (Å²) in [6, 6.07) is 0. The van der Waals surface area contributed by atoms with Gasteiger partial charge in [-0.2, -0.15) is 4.98 Å². The summed E-state index contributed by atoms with van der Waals surface area (Å²) in [5.41, 5.74) is -0.500. The van der Waals surface area contributed by atoms with Crippen LogP contribution < -0.4 is 15.7 Å². The van der Waals surface area contributed by atoms with E-state index in [1.54, 1.807) is 0 Å². The van der Waals surface area contributed by atoms with E-state index in [-0.39, 0.29) is 29.3 Å². The van der Waals surface area contributed by atoms with Gasteiger partial charge in [-0.05, 0) is 0 Å². The molecule has 1 fully saturated rings. The zero-order valence-corrected chi connectivity index (χ0v) is 12.8. The monoisotopic (exact) mass is 342 g/mol. The number of rotatable bonds is 3. The molecule has 0 aliphatic carbocycles. The molecule has 0 bridgehead atoms. The van der Waals surface area contributed by atoms with Crippen molar-refractivity contribution in [3.05, 3.63) is 20.0 Å². The molecule has 4 N–H and O–H groups in total. The molecule has 124 valence electrons. The molecule has 3 rings (SSSR count). The van der Waals surface area contributed by atoms with Gasteiger partial charge in [-0.3, -0.25) is 29.3 Å². The van der Waals surface area contributed by atoms with Crippen LogP contribution in [0.3, 0.4) is 0 Å². The van der Waals surface area contributed by atoms with Crippen LogP contribution in [0, 0.1) is 0 Å². The minimum atomic E-state index is -0.927. The fourth-order valence-electron chi connectivity index (χ4n) is 2.45. The molecule has 2 aromatic heterocycles. The minimum absolute atomic E-state index is 0.0586. The lowest BCUT2D eigenvalue weighted by molar-refractivity contribution is -0.114. The Morgan fingerprint density at radius 1 is 1.57 bits per heavy atom. The number of hydrogen-bond acceptors (Lipinski definition) is 8. The van der Waals surface area contributed by atoms with Crippen molar-refractivity contribution in [2.75, 3.05) is 11.9 Å². The van der Waals surface area contributed by atoms with E-state index < -0.39 is 34.8 Å². The summed E-state index contributed by atoms with van der Waals surface area (Å²) >= 11 is 0.694. The Hall–Kier alpha value is -2.08. The lowest BCUT2D eigenvalue weighted by Gasteiger charge is -2.13. The molecule has 2 aromatic rings. The van der Waals surface area contributed by atoms with Gasteiger partial charge in [0.1, 0.15) is 17.0 Å². The largest absolute Gasteiger partial charge is 0.394 e. The van der Waals surface area contributed by atoms with Crippen molar-refractivity contribution in [1.82, 2.24) is 14.5 Å². The molecule has 1 aliphatic rings. The van der Waals surface area contributed by atoms with Gasteiger partial charge in [0.2, 0.25) is 11.9 Å². The predicted octanol–water partition coefficient (Wildman–Crippen LogP) is -1.25. The van der Waals surface area contributed by atoms with Gasteiger partial charge >= 0.3 is 4.87 Å². The first-order valence-corrected chi connectivity index (χ1v) is 7.59. The second-order valence-corrected chi connectivity index (χ2v) is 6.06. The van der Waals surface area contributed by atoms with Crippen LogP contribution in [0.4, 0.5) is 5.95 Å². The fraction of sp³-hybridized carbons (Fsp3) is 0.500. The molecule has 0 unspecified atom stereocenters. The van der Waals surface area contributed by atoms with Gasteiger partial charge in [-0.1, -0.05) is 11.3 Å². The SMILES string of the molecule is CC(=O)Nc1nc2c(sc(=O)n2[C@H]2C[C@H](O)[C@@H](CO)O2)c(=O)[nH]1. The number of fused-ring (bicyclic) bond motifs is 1. The number of aliphatic hydroxyl groups excluding tert-OH is 2. The van der Waals surface area contributed by atoms with Crippen LogP contribution in [0.1, 0.15) is 19.6 Å². The number of thiazole rings is 1. The average Bonchev–Trinajstić information content (AvgIpc) is 2.98. The van der Waals surface area contributed by atoms with Gasteiger partial charge in [0, 0.05) is 13.3 Å². The molecule has 3 heterocycles. The summed E-state index contributed by atoms with van der Waals surface area (Å²) in [7, 11) is 0. The number of carbonyl (C=O) groups excluding carboxylic acids is 1. The summed E-state index contributed by atoms with van der Waals surface area (Å²) < 4.78 is 6.69. The van der Waals surface area contributed by atoms with E-state index in [1.165, 1.54) is 6.92 Å². The number of anilines is 1. The second kappa shape index (κ2) is 5.85. The van der Waals surface area contributed by atoms with Crippen molar-refractivity contribution < 1.29 is 19.7 Å². The van der Waals surface area contributed by atoms with E-state index in [9.17, 15) is 19.5 Å². The van der Waals surface area contributed by atoms with Crippen LogP contribution in [-0.4, -0.2) is 49.5 Å². The lowest BCUT2D eigenvalue weighted by Crippen LogP contribution is -2.25. The minimum Gasteiger partial charge on any atom is -0.394 e. The van der Waals surface area contributed by atoms with Crippen LogP contribution in [-0.2, 0) is 9.53 Å². The van der Waals surface area contributed by atoms with Crippen LogP contribution in [0.15, 0.2) is 9.59 Å². The quantitative estimate of drug-likeness (QED) is 0.545. The number of aliphatic hydroxyl groups is 2. The zero-order chi connectivity index (χ0) is 16.7. The van der Waals surface area contributed by atoms with Gasteiger partial charge in [-0.15, -0.1) is 0 Å². The molecule has 1 amide bonds. The Kier molecular flexibility index (Phi) is 4.02. The van der Waals surface area contributed by atoms with Crippen molar-refractivity contribution in [3.8, 4) is 0 Å². The maximum absolute atomic E-state index is 12.2. The fourth-order valence-corrected chi connectivity index (χ4v) is 3.30. The normalized spacial score (nSPS) is 24.2. The highest BCUT2D eigenvalue weighted by atomic mass is 32.1. The first kappa shape index (κ1) is 15.8. The molecule has 11 heteroatoms. The number of aromatic nitrogens is 3. The zero-order valence-electron chi connectivity index (χ0n) is 12.0. The molecule has 3 atom stereocenters. The van der Waals surface area contributed by atoms with Crippen molar-refractivity contribution in [2.45, 2.75) is 31.8 Å². The summed E-state index contributed by atoms with van der Waals surface area (Å²) in [6.07, 6.45) is -2.49. The van der Waals surface area contributed by atoms with Gasteiger partial charge in [-0.25, -0.2) is 0 Å². The number of amides is 1. The molecule has 0 radical (unpaired) electrons. The number of H-pyrrole nitrogens is 1. The van der Waals surface area contributed by atoms with Crippen molar-refractivity contribution in [1.29, 1.82) is 0 Å². The number of nitrogens with one attached hydrogen (secondary N) is 2. The van der Waals surface area contributed by atoms with Crippen molar-refractivity contribution in [3.63, 3.8) is 0 Å². The van der Waals surface area contributed by atoms with E-state index >= 15 is 0 Å². The molecular weight excluding hydrogens is 328 g/mol. The molecule has 0 aromatic carbocycles. The molecule has 23 heavy (non-hydrogen) atoms. The van der Waals surface area contributed by atoms with Crippen LogP contribution in [0.5, 0.6) is 0 Å². The number of aromatic amines is 1. The summed E-state index contributed by atoms with van der Waals surface area (Å²) in [5, 5.41) is 21.3. The Balaban J connectivity index is 2.12. The molecule has 0 spiro atoms. The first-order valence-electron chi connectivity index (χ1n) is 6.78. The molecule has 10 nitrogen and oxygen atoms in total. The number of nitrogens with zero attached hydrogens (tertiary/aromatic N) is 2. The van der Waals surface area contributed by atoms with Gasteiger partial charge < -0.3 is 14.9 Å². The van der Waals surface area contributed by atoms with Crippen molar-refractivity contribution in [2.24, 2.45) is 0 Å². The van der Waals surface area contributed by atoms with E-state index in [0.29, 0.717) is 11.3 Å². The van der Waals surface area contributed by atoms with Crippen molar-refractivity contribution >= 4 is 33.5 Å². The Labute approximate surface area is 132 Å². The predicted molar refractivity (Wildman–Crippen MR) is 80.4 cm³/mol. The average molecular weight is 342 g/mol. The standard InChI is InChI=1S/C12H14N4O6S/c1-4(18)13-11-14-9-8(10(20)15-11)23-12(21)16(9)7-2-5(19)6(3-17)22-7/h5-7,17,19H,2-3H2,1H3,(H2,13,14,15,18,20)/t5-,6+,7+/m0/s1. The summed E-state index contributed by atoms with van der Waals surface area (Å²) in [4.78, 5) is 41.3. The van der Waals surface area contributed by atoms with Gasteiger partial charge in [0.15, 0.2) is 5.65 Å². The van der Waals surface area contributed by atoms with Crippen LogP contribution in [0.25, 0.3) is 10.3 Å². The van der Waals surface area contributed by atoms with E-state index in [4.69, 9.17) is 9.84 Å². The summed E-state index contributed by atoms with van der Waals surface area (Å²) in [5.74, 6) is -0.511. The highest BCUT2D eigenvalue weighted by Crippen LogP contribution is 2.30. The third-order valence-corrected chi connectivity index (χ3v) is 4.38. The first-order chi connectivity index (χ1) is 10.9. The lowest BCUT2D eigenvalue weighted by atomic mass is 10.2. The maximum atomic E-state index is 12.2. The number of ether oxygens (including phenoxy) is 1. The smallest absolute Gasteiger partial charge is 0.311 e. The van der Waals surface area contributed by atoms with E-state index in [1.807, 2.05) is 0 Å². The highest BCUT2D eigenvalue weighted by molar-refractivity contribution is 7.16. The van der Waals surface area contributed by atoms with Crippen LogP contribution >= 0.6 is 11.3 Å². The van der Waals surface area contributed by atoms with E-state index in [0.717, 1.165) is 4.57 Å². The van der Waals surface area contributed by atoms with Crippen LogP contribution in [0.2, 0.25) is 0 Å².